The number of ether oxygens (including phenoxy) is 1. The molecule has 1 amide bonds. The Morgan fingerprint density at radius 3 is 2.48 bits per heavy atom. The van der Waals surface area contributed by atoms with Gasteiger partial charge >= 0.3 is 11.9 Å². The van der Waals surface area contributed by atoms with E-state index in [1.54, 1.807) is 0 Å². The van der Waals surface area contributed by atoms with Crippen LogP contribution in [0.3, 0.4) is 0 Å². The number of carbonyl (C=O) groups is 3. The third kappa shape index (κ3) is 2.69. The maximum atomic E-state index is 13.4. The van der Waals surface area contributed by atoms with Gasteiger partial charge in [-0.3, -0.25) is 9.59 Å². The molecule has 1 unspecified atom stereocenters. The summed E-state index contributed by atoms with van der Waals surface area (Å²) in [5, 5.41) is 8.91. The molecule has 0 aliphatic carbocycles. The molecule has 1 aromatic rings. The molecular formula is C13H11F2NO5. The fourth-order valence-corrected chi connectivity index (χ4v) is 2.14. The number of carboxylic acids is 1. The van der Waals surface area contributed by atoms with Gasteiger partial charge in [-0.05, 0) is 6.07 Å². The summed E-state index contributed by atoms with van der Waals surface area (Å²) in [5.41, 5.74) is -0.537. The zero-order chi connectivity index (χ0) is 15.7. The van der Waals surface area contributed by atoms with Crippen LogP contribution in [0.4, 0.5) is 14.5 Å². The third-order valence-corrected chi connectivity index (χ3v) is 3.21. The minimum atomic E-state index is -1.26. The molecule has 1 saturated heterocycles. The molecule has 21 heavy (non-hydrogen) atoms. The Morgan fingerprint density at radius 2 is 1.95 bits per heavy atom. The Labute approximate surface area is 117 Å². The van der Waals surface area contributed by atoms with Crippen molar-refractivity contribution < 1.29 is 33.0 Å². The van der Waals surface area contributed by atoms with Crippen LogP contribution in [0, 0.1) is 17.6 Å². The first-order chi connectivity index (χ1) is 9.85. The number of esters is 1. The molecule has 0 bridgehead atoms. The van der Waals surface area contributed by atoms with Gasteiger partial charge in [-0.2, -0.15) is 0 Å². The molecule has 2 rings (SSSR count). The third-order valence-electron chi connectivity index (χ3n) is 3.21. The van der Waals surface area contributed by atoms with Gasteiger partial charge < -0.3 is 14.7 Å². The Bertz CT molecular complexity index is 631. The molecule has 0 radical (unpaired) electrons. The molecule has 0 aromatic heterocycles. The van der Waals surface area contributed by atoms with E-state index in [0.717, 1.165) is 12.0 Å². The van der Waals surface area contributed by atoms with Crippen molar-refractivity contribution in [1.29, 1.82) is 0 Å². The number of amides is 1. The van der Waals surface area contributed by atoms with E-state index in [0.29, 0.717) is 12.1 Å². The van der Waals surface area contributed by atoms with E-state index in [1.807, 2.05) is 0 Å². The predicted octanol–water partition coefficient (Wildman–Crippen LogP) is 1.19. The van der Waals surface area contributed by atoms with Gasteiger partial charge in [0.05, 0.1) is 24.3 Å². The second-order valence-electron chi connectivity index (χ2n) is 4.52. The maximum Gasteiger partial charge on any atom is 0.340 e. The molecule has 1 aromatic carbocycles. The number of halogens is 2. The highest BCUT2D eigenvalue weighted by atomic mass is 19.2. The molecule has 1 fully saturated rings. The Kier molecular flexibility index (Phi) is 3.88. The molecule has 1 aliphatic rings. The number of hydrogen-bond acceptors (Lipinski definition) is 4. The van der Waals surface area contributed by atoms with Gasteiger partial charge in [-0.25, -0.2) is 13.6 Å². The first-order valence-corrected chi connectivity index (χ1v) is 5.95. The summed E-state index contributed by atoms with van der Waals surface area (Å²) in [4.78, 5) is 35.3. The van der Waals surface area contributed by atoms with Crippen LogP contribution in [0.1, 0.15) is 16.8 Å². The topological polar surface area (TPSA) is 83.9 Å². The van der Waals surface area contributed by atoms with Gasteiger partial charge in [0.2, 0.25) is 5.91 Å². The van der Waals surface area contributed by atoms with Crippen LogP contribution < -0.4 is 4.90 Å². The summed E-state index contributed by atoms with van der Waals surface area (Å²) < 4.78 is 31.1. The Balaban J connectivity index is 2.48. The van der Waals surface area contributed by atoms with Crippen molar-refractivity contribution in [3.8, 4) is 0 Å². The van der Waals surface area contributed by atoms with Crippen molar-refractivity contribution in [2.45, 2.75) is 6.42 Å². The van der Waals surface area contributed by atoms with Gasteiger partial charge in [0.25, 0.3) is 0 Å². The Morgan fingerprint density at radius 1 is 1.33 bits per heavy atom. The highest BCUT2D eigenvalue weighted by Crippen LogP contribution is 2.30. The van der Waals surface area contributed by atoms with Gasteiger partial charge in [-0.1, -0.05) is 0 Å². The summed E-state index contributed by atoms with van der Waals surface area (Å²) in [6, 6.07) is 1.31. The number of aliphatic carboxylic acids is 1. The van der Waals surface area contributed by atoms with E-state index < -0.39 is 35.4 Å². The zero-order valence-corrected chi connectivity index (χ0v) is 10.9. The predicted molar refractivity (Wildman–Crippen MR) is 65.8 cm³/mol. The molecule has 1 atom stereocenters. The molecule has 1 N–H and O–H groups in total. The summed E-state index contributed by atoms with van der Waals surface area (Å²) in [6.07, 6.45) is -0.269. The van der Waals surface area contributed by atoms with Crippen LogP contribution in [0.15, 0.2) is 12.1 Å². The SMILES string of the molecule is COC(=O)c1cc(F)c(F)cc1N1CC(C(=O)O)CC1=O. The van der Waals surface area contributed by atoms with Crippen LogP contribution in [-0.4, -0.2) is 36.6 Å². The van der Waals surface area contributed by atoms with E-state index in [1.165, 1.54) is 0 Å². The normalized spacial score (nSPS) is 18.0. The second kappa shape index (κ2) is 5.47. The average Bonchev–Trinajstić information content (AvgIpc) is 2.82. The minimum absolute atomic E-state index is 0.200. The first-order valence-electron chi connectivity index (χ1n) is 5.95. The van der Waals surface area contributed by atoms with Crippen molar-refractivity contribution in [2.75, 3.05) is 18.6 Å². The van der Waals surface area contributed by atoms with Crippen LogP contribution in [0.25, 0.3) is 0 Å². The van der Waals surface area contributed by atoms with E-state index in [9.17, 15) is 23.2 Å². The lowest BCUT2D eigenvalue weighted by molar-refractivity contribution is -0.141. The molecule has 8 heteroatoms. The van der Waals surface area contributed by atoms with E-state index in [-0.39, 0.29) is 24.2 Å². The standard InChI is InChI=1S/C13H11F2NO5/c1-21-13(20)7-3-8(14)9(15)4-10(7)16-5-6(12(18)19)2-11(16)17/h3-4,6H,2,5H2,1H3,(H,18,19). The lowest BCUT2D eigenvalue weighted by atomic mass is 10.1. The molecule has 1 heterocycles. The highest BCUT2D eigenvalue weighted by Gasteiger charge is 2.37. The summed E-state index contributed by atoms with van der Waals surface area (Å²) in [7, 11) is 1.05. The van der Waals surface area contributed by atoms with Gasteiger partial charge in [-0.15, -0.1) is 0 Å². The fraction of sp³-hybridized carbons (Fsp3) is 0.308. The lowest BCUT2D eigenvalue weighted by Crippen LogP contribution is -2.28. The van der Waals surface area contributed by atoms with Gasteiger partial charge in [0, 0.05) is 19.0 Å². The number of carboxylic acid groups (broad SMARTS) is 1. The summed E-state index contributed by atoms with van der Waals surface area (Å²) >= 11 is 0. The number of hydrogen-bond donors (Lipinski definition) is 1. The van der Waals surface area contributed by atoms with E-state index >= 15 is 0 Å². The average molecular weight is 299 g/mol. The quantitative estimate of drug-likeness (QED) is 0.848. The Hall–Kier alpha value is -2.51. The number of anilines is 1. The fourth-order valence-electron chi connectivity index (χ4n) is 2.14. The van der Waals surface area contributed by atoms with Gasteiger partial charge in [0.1, 0.15) is 0 Å². The molecule has 0 spiro atoms. The molecule has 6 nitrogen and oxygen atoms in total. The van der Waals surface area contributed by atoms with Crippen LogP contribution in [0.5, 0.6) is 0 Å². The van der Waals surface area contributed by atoms with Crippen molar-refractivity contribution >= 4 is 23.5 Å². The second-order valence-corrected chi connectivity index (χ2v) is 4.52. The molecule has 1 aliphatic heterocycles. The zero-order valence-electron chi connectivity index (χ0n) is 10.9. The van der Waals surface area contributed by atoms with Crippen molar-refractivity contribution in [1.82, 2.24) is 0 Å². The maximum absolute atomic E-state index is 13.4. The largest absolute Gasteiger partial charge is 0.481 e. The molecule has 0 saturated carbocycles. The first kappa shape index (κ1) is 14.9. The summed E-state index contributed by atoms with van der Waals surface area (Å²) in [6.45, 7) is -0.219. The smallest absolute Gasteiger partial charge is 0.340 e. The number of benzene rings is 1. The number of rotatable bonds is 3. The number of nitrogens with zero attached hydrogens (tertiary/aromatic N) is 1. The molecule has 112 valence electrons. The van der Waals surface area contributed by atoms with Crippen LogP contribution >= 0.6 is 0 Å². The minimum Gasteiger partial charge on any atom is -0.481 e. The summed E-state index contributed by atoms with van der Waals surface area (Å²) in [5.74, 6) is -6.18. The van der Waals surface area contributed by atoms with E-state index in [4.69, 9.17) is 5.11 Å². The van der Waals surface area contributed by atoms with E-state index in [2.05, 4.69) is 4.74 Å². The monoisotopic (exact) mass is 299 g/mol. The van der Waals surface area contributed by atoms with Gasteiger partial charge in [0.15, 0.2) is 11.6 Å². The van der Waals surface area contributed by atoms with Crippen molar-refractivity contribution in [3.05, 3.63) is 29.3 Å². The van der Waals surface area contributed by atoms with Crippen molar-refractivity contribution in [2.24, 2.45) is 5.92 Å². The highest BCUT2D eigenvalue weighted by molar-refractivity contribution is 6.05. The molecular weight excluding hydrogens is 288 g/mol. The van der Waals surface area contributed by atoms with Crippen molar-refractivity contribution in [3.63, 3.8) is 0 Å². The van der Waals surface area contributed by atoms with Crippen LogP contribution in [-0.2, 0) is 14.3 Å². The number of methoxy groups -OCH3 is 1. The lowest BCUT2D eigenvalue weighted by Gasteiger charge is -2.19. The van der Waals surface area contributed by atoms with Crippen LogP contribution in [0.2, 0.25) is 0 Å². The number of carbonyl (C=O) groups excluding carboxylic acids is 2.